The van der Waals surface area contributed by atoms with Crippen molar-refractivity contribution in [1.29, 1.82) is 0 Å². The van der Waals surface area contributed by atoms with E-state index in [9.17, 15) is 5.11 Å². The predicted molar refractivity (Wildman–Crippen MR) is 119 cm³/mol. The minimum absolute atomic E-state index is 0.393. The first-order valence-electron chi connectivity index (χ1n) is 12.6. The first-order chi connectivity index (χ1) is 13.3. The second kappa shape index (κ2) is 7.75. The second-order valence-corrected chi connectivity index (χ2v) is 12.1. The molecule has 8 atom stereocenters. The summed E-state index contributed by atoms with van der Waals surface area (Å²) in [6.07, 6.45) is 16.5. The number of hydrogen-bond acceptors (Lipinski definition) is 1. The van der Waals surface area contributed by atoms with Crippen molar-refractivity contribution < 1.29 is 5.11 Å². The molecule has 0 bridgehead atoms. The highest BCUT2D eigenvalue weighted by Crippen LogP contribution is 2.71. The van der Waals surface area contributed by atoms with Gasteiger partial charge < -0.3 is 5.11 Å². The quantitative estimate of drug-likeness (QED) is 0.477. The zero-order chi connectivity index (χ0) is 20.1. The van der Waals surface area contributed by atoms with Crippen LogP contribution in [0.4, 0.5) is 0 Å². The van der Waals surface area contributed by atoms with Gasteiger partial charge in [-0.3, -0.25) is 0 Å². The molecule has 28 heavy (non-hydrogen) atoms. The molecule has 4 rings (SSSR count). The number of aliphatic hydroxyl groups excluding tert-OH is 1. The zero-order valence-electron chi connectivity index (χ0n) is 19.3. The smallest absolute Gasteiger partial charge is 0.0499 e. The molecule has 4 aliphatic carbocycles. The van der Waals surface area contributed by atoms with Gasteiger partial charge in [-0.25, -0.2) is 0 Å². The molecule has 1 nitrogen and oxygen atoms in total. The van der Waals surface area contributed by atoms with E-state index in [2.05, 4.69) is 40.7 Å². The maximum absolute atomic E-state index is 10.5. The third kappa shape index (κ3) is 3.14. The Balaban J connectivity index is 1.55. The van der Waals surface area contributed by atoms with Crippen LogP contribution in [0.15, 0.2) is 11.6 Å². The Kier molecular flexibility index (Phi) is 5.80. The summed E-state index contributed by atoms with van der Waals surface area (Å²) in [6.45, 7) is 12.9. The highest BCUT2D eigenvalue weighted by Gasteiger charge is 2.63. The van der Waals surface area contributed by atoms with Crippen LogP contribution in [0.3, 0.4) is 0 Å². The van der Waals surface area contributed by atoms with E-state index in [-0.39, 0.29) is 0 Å². The van der Waals surface area contributed by atoms with Crippen molar-refractivity contribution in [3.05, 3.63) is 11.6 Å². The molecule has 0 radical (unpaired) electrons. The average Bonchev–Trinajstić information content (AvgIpc) is 3.12. The van der Waals surface area contributed by atoms with Gasteiger partial charge in [0.05, 0.1) is 0 Å². The third-order valence-corrected chi connectivity index (χ3v) is 10.3. The monoisotopic (exact) mass is 386 g/mol. The molecule has 3 saturated carbocycles. The molecule has 160 valence electrons. The van der Waals surface area contributed by atoms with Crippen LogP contribution in [0.1, 0.15) is 98.8 Å². The van der Waals surface area contributed by atoms with E-state index in [1.54, 1.807) is 5.57 Å². The van der Waals surface area contributed by atoms with Crippen molar-refractivity contribution in [2.75, 3.05) is 6.61 Å². The van der Waals surface area contributed by atoms with E-state index in [0.29, 0.717) is 23.4 Å². The number of aliphatic hydroxyl groups is 1. The van der Waals surface area contributed by atoms with E-state index in [1.165, 1.54) is 64.2 Å². The molecule has 0 amide bonds. The fraction of sp³-hybridized carbons (Fsp3) is 0.926. The molecule has 0 aliphatic heterocycles. The van der Waals surface area contributed by atoms with Crippen LogP contribution in [0.5, 0.6) is 0 Å². The van der Waals surface area contributed by atoms with Gasteiger partial charge in [0.2, 0.25) is 0 Å². The lowest BCUT2D eigenvalue weighted by Crippen LogP contribution is -2.45. The van der Waals surface area contributed by atoms with Crippen molar-refractivity contribution >= 4 is 0 Å². The first kappa shape index (κ1) is 21.0. The van der Waals surface area contributed by atoms with Crippen LogP contribution in [0, 0.1) is 52.3 Å². The minimum atomic E-state index is 0.393. The summed E-state index contributed by atoms with van der Waals surface area (Å²) < 4.78 is 0. The lowest BCUT2D eigenvalue weighted by atomic mass is 9.53. The van der Waals surface area contributed by atoms with Gasteiger partial charge in [-0.2, -0.15) is 0 Å². The van der Waals surface area contributed by atoms with Gasteiger partial charge >= 0.3 is 0 Å². The van der Waals surface area contributed by atoms with Gasteiger partial charge in [0.25, 0.3) is 0 Å². The molecule has 0 heterocycles. The summed E-state index contributed by atoms with van der Waals surface area (Å²) >= 11 is 0. The lowest BCUT2D eigenvalue weighted by Gasteiger charge is -2.51. The summed E-state index contributed by atoms with van der Waals surface area (Å²) in [5.74, 6) is 5.54. The average molecular weight is 387 g/mol. The Morgan fingerprint density at radius 2 is 1.82 bits per heavy atom. The summed E-state index contributed by atoms with van der Waals surface area (Å²) in [7, 11) is 0. The predicted octanol–water partition coefficient (Wildman–Crippen LogP) is 7.25. The SMILES string of the molecule is CC(C)CCC[C@@H](C)[C@H]1CC[C@H]2[C@@H]3[C@H](CO)C4=CCCC[C@]4(C)[C@H]3CC[C@]12C. The fourth-order valence-electron chi connectivity index (χ4n) is 9.03. The number of allylic oxidation sites excluding steroid dienone is 1. The largest absolute Gasteiger partial charge is 0.396 e. The summed E-state index contributed by atoms with van der Waals surface area (Å²) in [5.41, 5.74) is 2.60. The Bertz CT molecular complexity index is 591. The molecule has 1 N–H and O–H groups in total. The van der Waals surface area contributed by atoms with Crippen molar-refractivity contribution in [1.82, 2.24) is 0 Å². The van der Waals surface area contributed by atoms with Crippen LogP contribution in [-0.4, -0.2) is 11.7 Å². The Morgan fingerprint density at radius 1 is 1.04 bits per heavy atom. The van der Waals surface area contributed by atoms with E-state index in [0.717, 1.165) is 35.5 Å². The Labute approximate surface area is 174 Å². The minimum Gasteiger partial charge on any atom is -0.396 e. The van der Waals surface area contributed by atoms with Crippen LogP contribution >= 0.6 is 0 Å². The standard InChI is InChI=1S/C27H46O/c1-18(2)9-8-10-19(3)21-12-13-23-25-20(17-28)22-11-6-7-15-26(22,4)24(25)14-16-27(21,23)5/h11,18-21,23-25,28H,6-10,12-17H2,1-5H3/t19-,20-,21-,23+,24+,25+,26+,27-/m1/s1. The van der Waals surface area contributed by atoms with Gasteiger partial charge in [-0.1, -0.05) is 65.5 Å². The highest BCUT2D eigenvalue weighted by atomic mass is 16.3. The molecule has 0 aromatic rings. The maximum atomic E-state index is 10.5. The maximum Gasteiger partial charge on any atom is 0.0499 e. The van der Waals surface area contributed by atoms with Gasteiger partial charge in [0, 0.05) is 12.5 Å². The number of fused-ring (bicyclic) bond motifs is 5. The van der Waals surface area contributed by atoms with Crippen LogP contribution < -0.4 is 0 Å². The van der Waals surface area contributed by atoms with Crippen molar-refractivity contribution in [2.45, 2.75) is 98.8 Å². The van der Waals surface area contributed by atoms with E-state index in [4.69, 9.17) is 0 Å². The van der Waals surface area contributed by atoms with Crippen molar-refractivity contribution in [3.8, 4) is 0 Å². The Hall–Kier alpha value is -0.300. The van der Waals surface area contributed by atoms with E-state index < -0.39 is 0 Å². The highest BCUT2D eigenvalue weighted by molar-refractivity contribution is 5.30. The first-order valence-corrected chi connectivity index (χ1v) is 12.6. The number of rotatable bonds is 6. The van der Waals surface area contributed by atoms with Gasteiger partial charge in [-0.05, 0) is 91.3 Å². The molecule has 1 heteroatoms. The molecule has 3 fully saturated rings. The zero-order valence-corrected chi connectivity index (χ0v) is 19.3. The van der Waals surface area contributed by atoms with Crippen LogP contribution in [0.25, 0.3) is 0 Å². The second-order valence-electron chi connectivity index (χ2n) is 12.1. The van der Waals surface area contributed by atoms with Crippen molar-refractivity contribution in [2.24, 2.45) is 52.3 Å². The molecule has 0 spiro atoms. The van der Waals surface area contributed by atoms with Crippen LogP contribution in [0.2, 0.25) is 0 Å². The molecule has 0 aromatic carbocycles. The van der Waals surface area contributed by atoms with E-state index >= 15 is 0 Å². The number of hydrogen-bond donors (Lipinski definition) is 1. The summed E-state index contributed by atoms with van der Waals surface area (Å²) in [6, 6.07) is 0. The summed E-state index contributed by atoms with van der Waals surface area (Å²) in [4.78, 5) is 0. The van der Waals surface area contributed by atoms with Crippen LogP contribution in [-0.2, 0) is 0 Å². The molecule has 0 unspecified atom stereocenters. The topological polar surface area (TPSA) is 20.2 Å². The molecule has 0 saturated heterocycles. The molecule has 4 aliphatic rings. The third-order valence-electron chi connectivity index (χ3n) is 10.3. The molecule has 0 aromatic heterocycles. The van der Waals surface area contributed by atoms with Crippen molar-refractivity contribution in [3.63, 3.8) is 0 Å². The van der Waals surface area contributed by atoms with Gasteiger partial charge in [-0.15, -0.1) is 0 Å². The molecular formula is C27H46O. The summed E-state index contributed by atoms with van der Waals surface area (Å²) in [5, 5.41) is 10.5. The lowest BCUT2D eigenvalue weighted by molar-refractivity contribution is -0.0331. The van der Waals surface area contributed by atoms with Gasteiger partial charge in [0.15, 0.2) is 0 Å². The Morgan fingerprint density at radius 3 is 2.54 bits per heavy atom. The van der Waals surface area contributed by atoms with E-state index in [1.807, 2.05) is 0 Å². The van der Waals surface area contributed by atoms with Gasteiger partial charge in [0.1, 0.15) is 0 Å². The molecular weight excluding hydrogens is 340 g/mol. The normalized spacial score (nSPS) is 46.1. The fourth-order valence-corrected chi connectivity index (χ4v) is 9.03.